The molecule has 0 spiro atoms. The molecule has 0 atom stereocenters. The van der Waals surface area contributed by atoms with E-state index in [2.05, 4.69) is 4.98 Å². The fourth-order valence-electron chi connectivity index (χ4n) is 5.81. The normalized spacial score (nSPS) is 17.7. The molecule has 0 radical (unpaired) electrons. The maximum Gasteiger partial charge on any atom is 0.405 e. The molecule has 5 rings (SSSR count). The van der Waals surface area contributed by atoms with Gasteiger partial charge in [0.1, 0.15) is 11.4 Å². The smallest absolute Gasteiger partial charge is 0.405 e. The van der Waals surface area contributed by atoms with E-state index in [0.29, 0.717) is 24.9 Å². The quantitative estimate of drug-likeness (QED) is 0.362. The second-order valence-corrected chi connectivity index (χ2v) is 10.8. The number of hydrogen-bond acceptors (Lipinski definition) is 5. The van der Waals surface area contributed by atoms with E-state index in [4.69, 9.17) is 10.5 Å². The van der Waals surface area contributed by atoms with Gasteiger partial charge in [-0.2, -0.15) is 0 Å². The van der Waals surface area contributed by atoms with Gasteiger partial charge in [0.05, 0.1) is 17.3 Å². The van der Waals surface area contributed by atoms with E-state index in [-0.39, 0.29) is 23.0 Å². The maximum atomic E-state index is 14.3. The lowest BCUT2D eigenvalue weighted by atomic mass is 9.80. The molecule has 9 heteroatoms. The lowest BCUT2D eigenvalue weighted by molar-refractivity contribution is 0.0199. The number of carbonyl (C=O) groups excluding carboxylic acids is 1. The Morgan fingerprint density at radius 1 is 1.03 bits per heavy atom. The van der Waals surface area contributed by atoms with Crippen LogP contribution in [0.4, 0.5) is 9.18 Å². The van der Waals surface area contributed by atoms with Crippen LogP contribution < -0.4 is 17.0 Å². The number of pyridine rings is 1. The van der Waals surface area contributed by atoms with Gasteiger partial charge in [-0.25, -0.2) is 23.5 Å². The van der Waals surface area contributed by atoms with Crippen LogP contribution in [-0.2, 0) is 4.74 Å². The first kappa shape index (κ1) is 26.3. The number of primary amides is 1. The Hall–Kier alpha value is -4.27. The molecule has 2 aromatic carbocycles. The van der Waals surface area contributed by atoms with E-state index in [1.165, 1.54) is 9.13 Å². The zero-order valence-corrected chi connectivity index (χ0v) is 22.0. The highest BCUT2D eigenvalue weighted by atomic mass is 19.1. The summed E-state index contributed by atoms with van der Waals surface area (Å²) in [4.78, 5) is 43.0. The van der Waals surface area contributed by atoms with Crippen molar-refractivity contribution in [3.63, 3.8) is 0 Å². The van der Waals surface area contributed by atoms with Crippen molar-refractivity contribution < 1.29 is 13.9 Å². The third-order valence-corrected chi connectivity index (χ3v) is 7.44. The highest BCUT2D eigenvalue weighted by molar-refractivity contribution is 5.76. The van der Waals surface area contributed by atoms with Crippen LogP contribution in [0.25, 0.3) is 27.8 Å². The molecule has 0 unspecified atom stereocenters. The first-order valence-corrected chi connectivity index (χ1v) is 13.1. The Kier molecular flexibility index (Phi) is 7.08. The zero-order chi connectivity index (χ0) is 27.7. The highest BCUT2D eigenvalue weighted by Gasteiger charge is 2.32. The molecule has 4 aromatic rings. The van der Waals surface area contributed by atoms with Gasteiger partial charge >= 0.3 is 11.8 Å². The van der Waals surface area contributed by atoms with Crippen LogP contribution in [0.2, 0.25) is 0 Å². The molecule has 1 aliphatic carbocycles. The first-order chi connectivity index (χ1) is 18.6. The molecule has 202 valence electrons. The van der Waals surface area contributed by atoms with Crippen LogP contribution in [0.15, 0.2) is 76.4 Å². The Morgan fingerprint density at radius 3 is 2.41 bits per heavy atom. The van der Waals surface area contributed by atoms with Crippen molar-refractivity contribution in [3.8, 4) is 16.8 Å². The maximum absolute atomic E-state index is 14.3. The SMILES string of the molecule is CC(C)(CC1CCC(n2c(=O)c3cc(F)cnc3n(-c3cccc(-c4ccccc4)c3)c2=O)CC1)OC(N)=O. The fourth-order valence-corrected chi connectivity index (χ4v) is 5.81. The molecule has 2 N–H and O–H groups in total. The molecule has 0 saturated heterocycles. The molecule has 8 nitrogen and oxygen atoms in total. The first-order valence-electron chi connectivity index (χ1n) is 13.1. The summed E-state index contributed by atoms with van der Waals surface area (Å²) in [6.45, 7) is 3.64. The summed E-state index contributed by atoms with van der Waals surface area (Å²) in [5, 5.41) is 0.0535. The Labute approximate surface area is 224 Å². The second-order valence-electron chi connectivity index (χ2n) is 10.8. The number of nitrogens with zero attached hydrogens (tertiary/aromatic N) is 3. The topological polar surface area (TPSA) is 109 Å². The van der Waals surface area contributed by atoms with Crippen molar-refractivity contribution in [2.75, 3.05) is 0 Å². The lowest BCUT2D eigenvalue weighted by Gasteiger charge is -2.34. The van der Waals surface area contributed by atoms with Gasteiger partial charge in [0.25, 0.3) is 5.56 Å². The van der Waals surface area contributed by atoms with E-state index in [1.54, 1.807) is 6.07 Å². The highest BCUT2D eigenvalue weighted by Crippen LogP contribution is 2.36. The minimum absolute atomic E-state index is 0.0535. The van der Waals surface area contributed by atoms with Crippen molar-refractivity contribution >= 4 is 17.1 Å². The Bertz CT molecular complexity index is 1640. The summed E-state index contributed by atoms with van der Waals surface area (Å²) in [6.07, 6.45) is 3.49. The predicted octanol–water partition coefficient (Wildman–Crippen LogP) is 5.35. The van der Waals surface area contributed by atoms with E-state index in [9.17, 15) is 18.8 Å². The van der Waals surface area contributed by atoms with Gasteiger partial charge in [0.2, 0.25) is 0 Å². The number of halogens is 1. The molecular weight excluding hydrogens is 499 g/mol. The second kappa shape index (κ2) is 10.5. The van der Waals surface area contributed by atoms with Gasteiger partial charge in [0.15, 0.2) is 5.65 Å². The van der Waals surface area contributed by atoms with Gasteiger partial charge in [0, 0.05) is 6.04 Å². The third kappa shape index (κ3) is 5.48. The summed E-state index contributed by atoms with van der Waals surface area (Å²) < 4.78 is 22.2. The average Bonchev–Trinajstić information content (AvgIpc) is 2.90. The van der Waals surface area contributed by atoms with Gasteiger partial charge in [-0.15, -0.1) is 0 Å². The molecule has 1 fully saturated rings. The van der Waals surface area contributed by atoms with Crippen LogP contribution >= 0.6 is 0 Å². The number of aromatic nitrogens is 3. The van der Waals surface area contributed by atoms with Crippen molar-refractivity contribution in [1.82, 2.24) is 14.1 Å². The number of rotatable bonds is 6. The van der Waals surface area contributed by atoms with Crippen molar-refractivity contribution in [3.05, 3.63) is 93.5 Å². The standard InChI is InChI=1S/C30H31FN4O4/c1-30(2,39-28(32)37)17-19-11-13-23(14-12-19)35-27(36)25-16-22(31)18-33-26(25)34(29(35)38)24-10-6-9-21(15-24)20-7-4-3-5-8-20/h3-10,15-16,18-19,23H,11-14,17H2,1-2H3,(H2,32,37). The van der Waals surface area contributed by atoms with Crippen LogP contribution in [0, 0.1) is 11.7 Å². The zero-order valence-electron chi connectivity index (χ0n) is 22.0. The molecule has 2 heterocycles. The average molecular weight is 531 g/mol. The summed E-state index contributed by atoms with van der Waals surface area (Å²) in [5.41, 5.74) is 5.99. The number of fused-ring (bicyclic) bond motifs is 1. The van der Waals surface area contributed by atoms with Gasteiger partial charge in [-0.1, -0.05) is 42.5 Å². The van der Waals surface area contributed by atoms with Crippen LogP contribution in [0.5, 0.6) is 0 Å². The molecule has 39 heavy (non-hydrogen) atoms. The largest absolute Gasteiger partial charge is 0.444 e. The third-order valence-electron chi connectivity index (χ3n) is 7.44. The van der Waals surface area contributed by atoms with E-state index in [1.807, 2.05) is 62.4 Å². The summed E-state index contributed by atoms with van der Waals surface area (Å²) >= 11 is 0. The predicted molar refractivity (Wildman–Crippen MR) is 147 cm³/mol. The Balaban J connectivity index is 1.55. The lowest BCUT2D eigenvalue weighted by Crippen LogP contribution is -2.43. The van der Waals surface area contributed by atoms with Gasteiger partial charge in [-0.3, -0.25) is 9.36 Å². The van der Waals surface area contributed by atoms with Gasteiger partial charge in [-0.05, 0) is 81.2 Å². The summed E-state index contributed by atoms with van der Waals surface area (Å²) in [6, 6.07) is 18.0. The number of amides is 1. The van der Waals surface area contributed by atoms with E-state index >= 15 is 0 Å². The minimum atomic E-state index is -0.811. The Morgan fingerprint density at radius 2 is 1.72 bits per heavy atom. The number of carbonyl (C=O) groups is 1. The van der Waals surface area contributed by atoms with Crippen molar-refractivity contribution in [1.29, 1.82) is 0 Å². The molecule has 1 amide bonds. The number of benzene rings is 2. The fraction of sp³-hybridized carbons (Fsp3) is 0.333. The van der Waals surface area contributed by atoms with Gasteiger partial charge < -0.3 is 10.5 Å². The molecule has 0 bridgehead atoms. The molecule has 2 aromatic heterocycles. The summed E-state index contributed by atoms with van der Waals surface area (Å²) in [7, 11) is 0. The van der Waals surface area contributed by atoms with Crippen LogP contribution in [0.3, 0.4) is 0 Å². The molecule has 1 aliphatic rings. The summed E-state index contributed by atoms with van der Waals surface area (Å²) in [5.74, 6) is -0.398. The van der Waals surface area contributed by atoms with Crippen molar-refractivity contribution in [2.45, 2.75) is 57.6 Å². The van der Waals surface area contributed by atoms with E-state index < -0.39 is 28.8 Å². The van der Waals surface area contributed by atoms with Crippen LogP contribution in [0.1, 0.15) is 52.0 Å². The molecular formula is C30H31FN4O4. The van der Waals surface area contributed by atoms with Crippen molar-refractivity contribution in [2.24, 2.45) is 11.7 Å². The minimum Gasteiger partial charge on any atom is -0.444 e. The number of ether oxygens (including phenoxy) is 1. The molecule has 1 saturated carbocycles. The number of nitrogens with two attached hydrogens (primary N) is 1. The monoisotopic (exact) mass is 530 g/mol. The number of hydrogen-bond donors (Lipinski definition) is 1. The van der Waals surface area contributed by atoms with E-state index in [0.717, 1.165) is 36.2 Å². The molecule has 0 aliphatic heterocycles. The van der Waals surface area contributed by atoms with Crippen LogP contribution in [-0.4, -0.2) is 25.8 Å².